The van der Waals surface area contributed by atoms with Gasteiger partial charge in [-0.05, 0) is 50.1 Å². The number of ether oxygens (including phenoxy) is 1. The first-order chi connectivity index (χ1) is 15.4. The van der Waals surface area contributed by atoms with Gasteiger partial charge in [0.05, 0.1) is 28.0 Å². The van der Waals surface area contributed by atoms with Gasteiger partial charge in [0.2, 0.25) is 0 Å². The largest absolute Gasteiger partial charge is 0.461 e. The first-order valence-electron chi connectivity index (χ1n) is 10.6. The smallest absolute Gasteiger partial charge is 0.359 e. The maximum Gasteiger partial charge on any atom is 0.359 e. The van der Waals surface area contributed by atoms with E-state index < -0.39 is 17.6 Å². The third-order valence-corrected chi connectivity index (χ3v) is 6.29. The molecule has 1 aliphatic rings. The molecule has 1 aromatic heterocycles. The topological polar surface area (TPSA) is 44.1 Å². The zero-order chi connectivity index (χ0) is 22.8. The fourth-order valence-corrected chi connectivity index (χ4v) is 4.58. The molecule has 0 bridgehead atoms. The molecule has 1 saturated carbocycles. The molecule has 0 unspecified atom stereocenters. The van der Waals surface area contributed by atoms with Crippen LogP contribution in [0.15, 0.2) is 36.4 Å². The molecule has 0 amide bonds. The highest BCUT2D eigenvalue weighted by Crippen LogP contribution is 2.40. The summed E-state index contributed by atoms with van der Waals surface area (Å²) in [5.74, 6) is -1.28. The summed E-state index contributed by atoms with van der Waals surface area (Å²) < 4.78 is 36.0. The monoisotopic (exact) mass is 478 g/mol. The Kier molecular flexibility index (Phi) is 6.82. The van der Waals surface area contributed by atoms with E-state index in [1.807, 2.05) is 0 Å². The average Bonchev–Trinajstić information content (AvgIpc) is 3.19. The molecular formula is C24H22Cl2F2N2O2. The van der Waals surface area contributed by atoms with Crippen LogP contribution in [0.1, 0.15) is 61.3 Å². The second-order valence-electron chi connectivity index (χ2n) is 7.76. The van der Waals surface area contributed by atoms with Crippen LogP contribution < -0.4 is 0 Å². The van der Waals surface area contributed by atoms with Crippen molar-refractivity contribution in [1.29, 1.82) is 0 Å². The zero-order valence-corrected chi connectivity index (χ0v) is 19.0. The maximum absolute atomic E-state index is 15.2. The number of carbonyl (C=O) groups is 1. The van der Waals surface area contributed by atoms with Gasteiger partial charge in [0.1, 0.15) is 11.6 Å². The Bertz CT molecular complexity index is 1160. The number of imidazole rings is 1. The van der Waals surface area contributed by atoms with E-state index in [0.29, 0.717) is 17.1 Å². The number of rotatable bonds is 5. The highest BCUT2D eigenvalue weighted by molar-refractivity contribution is 6.31. The van der Waals surface area contributed by atoms with Crippen molar-refractivity contribution >= 4 is 29.2 Å². The Balaban J connectivity index is 2.05. The summed E-state index contributed by atoms with van der Waals surface area (Å²) in [6.07, 6.45) is 4.88. The summed E-state index contributed by atoms with van der Waals surface area (Å²) in [5.41, 5.74) is 0.923. The molecule has 0 N–H and O–H groups in total. The minimum Gasteiger partial charge on any atom is -0.461 e. The van der Waals surface area contributed by atoms with Crippen molar-refractivity contribution in [3.8, 4) is 16.9 Å². The molecule has 0 aliphatic heterocycles. The van der Waals surface area contributed by atoms with Gasteiger partial charge in [-0.3, -0.25) is 4.57 Å². The number of halogens is 4. The van der Waals surface area contributed by atoms with Crippen molar-refractivity contribution in [1.82, 2.24) is 9.55 Å². The number of hydrogen-bond acceptors (Lipinski definition) is 3. The average molecular weight is 479 g/mol. The molecule has 32 heavy (non-hydrogen) atoms. The molecule has 0 spiro atoms. The Hall–Kier alpha value is -2.44. The molecular weight excluding hydrogens is 457 g/mol. The second kappa shape index (κ2) is 9.59. The number of hydrogen-bond donors (Lipinski definition) is 0. The van der Waals surface area contributed by atoms with E-state index in [2.05, 4.69) is 4.98 Å². The molecule has 0 atom stereocenters. The van der Waals surface area contributed by atoms with E-state index in [1.165, 1.54) is 24.3 Å². The molecule has 3 aromatic rings. The lowest BCUT2D eigenvalue weighted by atomic mass is 9.88. The Morgan fingerprint density at radius 3 is 2.56 bits per heavy atom. The Labute approximate surface area is 195 Å². The number of benzene rings is 2. The lowest BCUT2D eigenvalue weighted by Gasteiger charge is -2.23. The number of carbonyl (C=O) groups excluding carboxylic acids is 1. The lowest BCUT2D eigenvalue weighted by Crippen LogP contribution is -2.13. The molecule has 1 aliphatic carbocycles. The van der Waals surface area contributed by atoms with E-state index in [4.69, 9.17) is 27.9 Å². The minimum absolute atomic E-state index is 0.0278. The van der Waals surface area contributed by atoms with E-state index in [9.17, 15) is 9.18 Å². The van der Waals surface area contributed by atoms with Crippen molar-refractivity contribution in [2.75, 3.05) is 6.61 Å². The van der Waals surface area contributed by atoms with Gasteiger partial charge < -0.3 is 4.74 Å². The second-order valence-corrected chi connectivity index (χ2v) is 8.57. The van der Waals surface area contributed by atoms with Crippen LogP contribution in [0.25, 0.3) is 16.9 Å². The molecule has 4 rings (SSSR count). The number of nitrogens with zero attached hydrogens (tertiary/aromatic N) is 2. The summed E-state index contributed by atoms with van der Waals surface area (Å²) in [6.45, 7) is 1.85. The predicted octanol–water partition coefficient (Wildman–Crippen LogP) is 7.35. The molecule has 1 heterocycles. The van der Waals surface area contributed by atoms with E-state index >= 15 is 4.39 Å². The van der Waals surface area contributed by atoms with Crippen molar-refractivity contribution in [2.24, 2.45) is 0 Å². The van der Waals surface area contributed by atoms with Crippen LogP contribution >= 0.6 is 23.2 Å². The first-order valence-corrected chi connectivity index (χ1v) is 11.4. The van der Waals surface area contributed by atoms with Crippen LogP contribution in [0, 0.1) is 11.6 Å². The molecule has 0 radical (unpaired) electrons. The molecule has 4 nitrogen and oxygen atoms in total. The van der Waals surface area contributed by atoms with Gasteiger partial charge >= 0.3 is 5.97 Å². The zero-order valence-electron chi connectivity index (χ0n) is 17.5. The number of esters is 1. The van der Waals surface area contributed by atoms with Crippen LogP contribution in [-0.2, 0) is 4.74 Å². The van der Waals surface area contributed by atoms with Gasteiger partial charge in [-0.15, -0.1) is 0 Å². The fourth-order valence-electron chi connectivity index (χ4n) is 4.23. The predicted molar refractivity (Wildman–Crippen MR) is 121 cm³/mol. The highest BCUT2D eigenvalue weighted by atomic mass is 35.5. The van der Waals surface area contributed by atoms with Gasteiger partial charge in [0.25, 0.3) is 0 Å². The summed E-state index contributed by atoms with van der Waals surface area (Å²) in [7, 11) is 0. The molecule has 0 saturated heterocycles. The van der Waals surface area contributed by atoms with Crippen LogP contribution in [0.2, 0.25) is 10.0 Å². The normalized spacial score (nSPS) is 14.5. The van der Waals surface area contributed by atoms with Crippen LogP contribution in [-0.4, -0.2) is 22.1 Å². The molecule has 8 heteroatoms. The van der Waals surface area contributed by atoms with Crippen molar-refractivity contribution in [2.45, 2.75) is 44.9 Å². The van der Waals surface area contributed by atoms with Crippen molar-refractivity contribution in [3.05, 3.63) is 69.6 Å². The van der Waals surface area contributed by atoms with Crippen LogP contribution in [0.5, 0.6) is 0 Å². The Morgan fingerprint density at radius 1 is 1.12 bits per heavy atom. The minimum atomic E-state index is -0.638. The van der Waals surface area contributed by atoms with Crippen LogP contribution in [0.3, 0.4) is 0 Å². The summed E-state index contributed by atoms with van der Waals surface area (Å²) in [5, 5.41) is -0.164. The van der Waals surface area contributed by atoms with Gasteiger partial charge in [-0.2, -0.15) is 0 Å². The van der Waals surface area contributed by atoms with Gasteiger partial charge in [0.15, 0.2) is 11.5 Å². The fraction of sp³-hybridized carbons (Fsp3) is 0.333. The standard InChI is InChI=1S/C24H22Cl2F2N2O2/c1-2-32-24(31)21-22(15-11-12-18(27)17(26)13-15)30(19-10-6-9-16(25)20(19)28)23(29-21)14-7-4-3-5-8-14/h6,9-14H,2-5,7-8H2,1H3. The SMILES string of the molecule is CCOC(=O)c1nc(C2CCCCC2)n(-c2cccc(Cl)c2F)c1-c1ccc(F)c(Cl)c1. The summed E-state index contributed by atoms with van der Waals surface area (Å²) in [6, 6.07) is 8.78. The molecule has 2 aromatic carbocycles. The van der Waals surface area contributed by atoms with Crippen molar-refractivity contribution < 1.29 is 18.3 Å². The summed E-state index contributed by atoms with van der Waals surface area (Å²) in [4.78, 5) is 17.6. The van der Waals surface area contributed by atoms with Gasteiger partial charge in [-0.1, -0.05) is 48.5 Å². The van der Waals surface area contributed by atoms with Gasteiger partial charge in [-0.25, -0.2) is 18.6 Å². The molecule has 168 valence electrons. The molecule has 1 fully saturated rings. The van der Waals surface area contributed by atoms with Crippen LogP contribution in [0.4, 0.5) is 8.78 Å². The van der Waals surface area contributed by atoms with Gasteiger partial charge in [0, 0.05) is 11.5 Å². The van der Waals surface area contributed by atoms with Crippen molar-refractivity contribution in [3.63, 3.8) is 0 Å². The third kappa shape index (κ3) is 4.26. The quantitative estimate of drug-likeness (QED) is 0.360. The van der Waals surface area contributed by atoms with E-state index in [-0.39, 0.29) is 34.0 Å². The third-order valence-electron chi connectivity index (χ3n) is 5.71. The van der Waals surface area contributed by atoms with E-state index in [0.717, 1.165) is 32.1 Å². The highest BCUT2D eigenvalue weighted by Gasteiger charge is 2.31. The lowest BCUT2D eigenvalue weighted by molar-refractivity contribution is 0.0521. The first kappa shape index (κ1) is 22.7. The maximum atomic E-state index is 15.2. The number of aromatic nitrogens is 2. The van der Waals surface area contributed by atoms with E-state index in [1.54, 1.807) is 23.6 Å². The Morgan fingerprint density at radius 2 is 1.88 bits per heavy atom. The summed E-state index contributed by atoms with van der Waals surface area (Å²) >= 11 is 12.1.